The third kappa shape index (κ3) is 8.07. The Hall–Kier alpha value is -4.05. The Bertz CT molecular complexity index is 1450. The van der Waals surface area contributed by atoms with Gasteiger partial charge in [0.2, 0.25) is 11.1 Å². The fourth-order valence-electron chi connectivity index (χ4n) is 4.32. The summed E-state index contributed by atoms with van der Waals surface area (Å²) in [4.78, 5) is 67.5. The van der Waals surface area contributed by atoms with Gasteiger partial charge in [-0.1, -0.05) is 30.0 Å². The quantitative estimate of drug-likeness (QED) is 0.161. The van der Waals surface area contributed by atoms with Gasteiger partial charge >= 0.3 is 18.0 Å². The number of ether oxygens (including phenoxy) is 2. The maximum Gasteiger partial charge on any atom is 0.412 e. The van der Waals surface area contributed by atoms with E-state index in [1.807, 2.05) is 0 Å². The van der Waals surface area contributed by atoms with E-state index in [1.165, 1.54) is 28.4 Å². The molecular formula is C27H32N6O8S2. The molecule has 2 atom stereocenters. The minimum atomic E-state index is -1.25. The van der Waals surface area contributed by atoms with E-state index in [9.17, 15) is 29.1 Å². The highest BCUT2D eigenvalue weighted by atomic mass is 32.2. The molecule has 0 saturated carbocycles. The first-order valence-corrected chi connectivity index (χ1v) is 15.4. The number of hydrogen-bond acceptors (Lipinski definition) is 11. The highest BCUT2D eigenvalue weighted by molar-refractivity contribution is 8.01. The van der Waals surface area contributed by atoms with Crippen LogP contribution in [0.15, 0.2) is 40.7 Å². The van der Waals surface area contributed by atoms with E-state index in [2.05, 4.69) is 25.8 Å². The third-order valence-corrected chi connectivity index (χ3v) is 8.35. The predicted molar refractivity (Wildman–Crippen MR) is 157 cm³/mol. The highest BCUT2D eigenvalue weighted by Gasteiger charge is 2.54. The van der Waals surface area contributed by atoms with Gasteiger partial charge in [-0.25, -0.2) is 14.6 Å². The molecule has 2 aromatic rings. The highest BCUT2D eigenvalue weighted by Crippen LogP contribution is 2.41. The molecule has 14 nitrogen and oxygen atoms in total. The number of amides is 3. The number of carboxylic acids is 1. The van der Waals surface area contributed by atoms with Crippen molar-refractivity contribution in [3.05, 3.63) is 46.9 Å². The van der Waals surface area contributed by atoms with Crippen LogP contribution in [-0.4, -0.2) is 90.2 Å². The second-order valence-electron chi connectivity index (χ2n) is 10.5. The first kappa shape index (κ1) is 31.9. The molecule has 3 heterocycles. The number of thioether (sulfide) groups is 2. The minimum Gasteiger partial charge on any atom is -0.477 e. The molecule has 0 aliphatic carbocycles. The van der Waals surface area contributed by atoms with Crippen LogP contribution in [0, 0.1) is 0 Å². The zero-order chi connectivity index (χ0) is 31.3. The average molecular weight is 633 g/mol. The Morgan fingerprint density at radius 1 is 1.21 bits per heavy atom. The molecule has 1 aromatic heterocycles. The molecule has 43 heavy (non-hydrogen) atoms. The molecule has 4 rings (SSSR count). The van der Waals surface area contributed by atoms with Gasteiger partial charge in [-0.15, -0.1) is 16.9 Å². The first-order valence-electron chi connectivity index (χ1n) is 13.3. The van der Waals surface area contributed by atoms with Crippen LogP contribution in [0.3, 0.4) is 0 Å². The van der Waals surface area contributed by atoms with Crippen LogP contribution < -0.4 is 10.6 Å². The number of carboxylic acid groups (broad SMARTS) is 1. The summed E-state index contributed by atoms with van der Waals surface area (Å²) in [5, 5.41) is 21.8. The van der Waals surface area contributed by atoms with Crippen molar-refractivity contribution in [1.29, 1.82) is 0 Å². The molecule has 1 fully saturated rings. The number of para-hydroxylation sites is 1. The Morgan fingerprint density at radius 2 is 1.95 bits per heavy atom. The number of nitrogens with one attached hydrogen (secondary N) is 3. The van der Waals surface area contributed by atoms with Crippen LogP contribution in [0.2, 0.25) is 0 Å². The number of H-pyrrole nitrogens is 1. The van der Waals surface area contributed by atoms with Crippen molar-refractivity contribution in [2.75, 3.05) is 23.4 Å². The molecule has 1 aromatic carbocycles. The molecule has 0 radical (unpaired) electrons. The van der Waals surface area contributed by atoms with Crippen molar-refractivity contribution in [2.45, 2.75) is 62.7 Å². The van der Waals surface area contributed by atoms with Crippen molar-refractivity contribution in [2.24, 2.45) is 0 Å². The van der Waals surface area contributed by atoms with Gasteiger partial charge in [-0.05, 0) is 44.9 Å². The molecule has 1 unspecified atom stereocenters. The normalized spacial score (nSPS) is 18.0. The number of rotatable bonds is 11. The average Bonchev–Trinajstić information content (AvgIpc) is 3.37. The molecule has 2 aliphatic rings. The molecule has 16 heteroatoms. The standard InChI is InChI=1S/C27H32N6O8S2/c1-5-40-19(35)11-17-29-25(32-31-17)43-13-15-12-42-23-20(22(36)33(23)21(15)24(37)38)30-18(34)10-14-8-6-7-9-16(14)28-26(39)41-27(2,3)4/h6-9,20,23H,5,10-13H2,1-4H3,(H,28,39)(H,30,34)(H,37,38)(H,29,31,32)/t20?,23-/m1/s1. The molecular weight excluding hydrogens is 600 g/mol. The lowest BCUT2D eigenvalue weighted by Crippen LogP contribution is -2.70. The predicted octanol–water partition coefficient (Wildman–Crippen LogP) is 2.33. The summed E-state index contributed by atoms with van der Waals surface area (Å²) >= 11 is 2.52. The van der Waals surface area contributed by atoms with E-state index in [1.54, 1.807) is 52.0 Å². The van der Waals surface area contributed by atoms with E-state index in [0.717, 1.165) is 0 Å². The number of anilines is 1. The number of carbonyl (C=O) groups excluding carboxylic acids is 4. The van der Waals surface area contributed by atoms with Gasteiger partial charge in [0.25, 0.3) is 5.91 Å². The molecule has 0 spiro atoms. The van der Waals surface area contributed by atoms with Crippen molar-refractivity contribution in [1.82, 2.24) is 25.4 Å². The Balaban J connectivity index is 1.37. The van der Waals surface area contributed by atoms with Crippen molar-refractivity contribution in [3.63, 3.8) is 0 Å². The Kier molecular flexibility index (Phi) is 10.0. The van der Waals surface area contributed by atoms with Gasteiger partial charge < -0.3 is 19.9 Å². The number of aromatic amines is 1. The Morgan fingerprint density at radius 3 is 2.65 bits per heavy atom. The summed E-state index contributed by atoms with van der Waals surface area (Å²) in [6.45, 7) is 7.17. The summed E-state index contributed by atoms with van der Waals surface area (Å²) in [6, 6.07) is 5.85. The van der Waals surface area contributed by atoms with Crippen molar-refractivity contribution in [3.8, 4) is 0 Å². The van der Waals surface area contributed by atoms with Gasteiger partial charge in [-0.2, -0.15) is 0 Å². The maximum atomic E-state index is 13.1. The number of aromatic nitrogens is 3. The SMILES string of the molecule is CCOC(=O)Cc1nc(SCC2=C(C(=O)O)N3C(=O)C(NC(=O)Cc4ccccc4NC(=O)OC(C)(C)C)[C@H]3SC2)n[nH]1. The maximum absolute atomic E-state index is 13.1. The molecule has 3 amide bonds. The smallest absolute Gasteiger partial charge is 0.412 e. The largest absolute Gasteiger partial charge is 0.477 e. The third-order valence-electron chi connectivity index (χ3n) is 6.07. The lowest BCUT2D eigenvalue weighted by Gasteiger charge is -2.49. The van der Waals surface area contributed by atoms with E-state index >= 15 is 0 Å². The number of benzene rings is 1. The van der Waals surface area contributed by atoms with E-state index in [0.29, 0.717) is 33.6 Å². The number of aliphatic carboxylic acids is 1. The first-order chi connectivity index (χ1) is 20.4. The molecule has 1 saturated heterocycles. The van der Waals surface area contributed by atoms with Crippen LogP contribution in [0.4, 0.5) is 10.5 Å². The number of β-lactam (4-membered cyclic amide) rings is 1. The van der Waals surface area contributed by atoms with Crippen LogP contribution in [-0.2, 0) is 41.5 Å². The van der Waals surface area contributed by atoms with Gasteiger partial charge in [0.15, 0.2) is 0 Å². The van der Waals surface area contributed by atoms with Gasteiger partial charge in [-0.3, -0.25) is 29.7 Å². The van der Waals surface area contributed by atoms with E-state index < -0.39 is 46.9 Å². The number of esters is 1. The van der Waals surface area contributed by atoms with Crippen molar-refractivity contribution >= 4 is 59.1 Å². The van der Waals surface area contributed by atoms with E-state index in [-0.39, 0.29) is 30.9 Å². The topological polar surface area (TPSA) is 193 Å². The number of hydrogen-bond donors (Lipinski definition) is 4. The van der Waals surface area contributed by atoms with Gasteiger partial charge in [0.05, 0.1) is 13.0 Å². The van der Waals surface area contributed by atoms with Gasteiger partial charge in [0, 0.05) is 17.2 Å². The summed E-state index contributed by atoms with van der Waals surface area (Å²) in [7, 11) is 0. The summed E-state index contributed by atoms with van der Waals surface area (Å²) in [5.74, 6) is -1.83. The summed E-state index contributed by atoms with van der Waals surface area (Å²) in [6.07, 6.45) is -0.847. The molecule has 4 N–H and O–H groups in total. The Labute approximate surface area is 255 Å². The number of nitrogens with zero attached hydrogens (tertiary/aromatic N) is 3. The second kappa shape index (κ2) is 13.5. The lowest BCUT2D eigenvalue weighted by atomic mass is 10.0. The molecule has 0 bridgehead atoms. The lowest BCUT2D eigenvalue weighted by molar-refractivity contribution is -0.150. The zero-order valence-corrected chi connectivity index (χ0v) is 25.6. The van der Waals surface area contributed by atoms with Crippen LogP contribution in [0.1, 0.15) is 39.1 Å². The second-order valence-corrected chi connectivity index (χ2v) is 12.6. The number of fused-ring (bicyclic) bond motifs is 1. The van der Waals surface area contributed by atoms with Gasteiger partial charge in [0.1, 0.15) is 35.0 Å². The van der Waals surface area contributed by atoms with E-state index in [4.69, 9.17) is 9.47 Å². The number of carbonyl (C=O) groups is 5. The molecule has 230 valence electrons. The summed E-state index contributed by atoms with van der Waals surface area (Å²) in [5.41, 5.74) is 0.611. The molecule has 2 aliphatic heterocycles. The van der Waals surface area contributed by atoms with Crippen LogP contribution >= 0.6 is 23.5 Å². The summed E-state index contributed by atoms with van der Waals surface area (Å²) < 4.78 is 10.2. The van der Waals surface area contributed by atoms with Crippen LogP contribution in [0.25, 0.3) is 0 Å². The monoisotopic (exact) mass is 632 g/mol. The fourth-order valence-corrected chi connectivity index (χ4v) is 6.63. The van der Waals surface area contributed by atoms with Crippen molar-refractivity contribution < 1.29 is 38.6 Å². The van der Waals surface area contributed by atoms with Crippen LogP contribution in [0.5, 0.6) is 0 Å². The fraction of sp³-hybridized carbons (Fsp3) is 0.444. The zero-order valence-electron chi connectivity index (χ0n) is 24.0. The minimum absolute atomic E-state index is 0.0662.